The monoisotopic (exact) mass is 644 g/mol. The largest absolute Gasteiger partial charge is 0.492 e. The van der Waals surface area contributed by atoms with Crippen molar-refractivity contribution in [3.63, 3.8) is 0 Å². The van der Waals surface area contributed by atoms with Gasteiger partial charge >= 0.3 is 0 Å². The van der Waals surface area contributed by atoms with Gasteiger partial charge in [-0.15, -0.1) is 10.2 Å². The Morgan fingerprint density at radius 3 is 2.25 bits per heavy atom. The van der Waals surface area contributed by atoms with Crippen LogP contribution in [0.2, 0.25) is 0 Å². The molecule has 48 heavy (non-hydrogen) atoms. The summed E-state index contributed by atoms with van der Waals surface area (Å²) in [4.78, 5) is 37.6. The van der Waals surface area contributed by atoms with Crippen molar-refractivity contribution in [2.24, 2.45) is 23.2 Å². The average Bonchev–Trinajstić information content (AvgIpc) is 3.10. The molecule has 1 saturated heterocycles. The van der Waals surface area contributed by atoms with Crippen LogP contribution in [0.15, 0.2) is 67.0 Å². The maximum absolute atomic E-state index is 13.9. The Morgan fingerprint density at radius 1 is 0.875 bits per heavy atom. The van der Waals surface area contributed by atoms with Crippen LogP contribution < -0.4 is 9.64 Å². The third-order valence-electron chi connectivity index (χ3n) is 11.3. The summed E-state index contributed by atoms with van der Waals surface area (Å²) in [6.07, 6.45) is 11.6. The summed E-state index contributed by atoms with van der Waals surface area (Å²) in [6.45, 7) is 5.79. The number of piperazine rings is 1. The highest BCUT2D eigenvalue weighted by Crippen LogP contribution is 2.60. The molecule has 0 N–H and O–H groups in total. The van der Waals surface area contributed by atoms with Crippen molar-refractivity contribution in [3.05, 3.63) is 78.2 Å². The number of ether oxygens (including phenoxy) is 1. The highest BCUT2D eigenvalue weighted by atomic mass is 16.5. The van der Waals surface area contributed by atoms with Crippen molar-refractivity contribution < 1.29 is 14.3 Å². The van der Waals surface area contributed by atoms with Crippen molar-refractivity contribution >= 4 is 28.4 Å². The van der Waals surface area contributed by atoms with E-state index in [1.807, 2.05) is 78.5 Å². The molecule has 0 atom stereocenters. The van der Waals surface area contributed by atoms with Gasteiger partial charge in [-0.25, -0.2) is 0 Å². The highest BCUT2D eigenvalue weighted by molar-refractivity contribution is 6.11. The number of aromatic nitrogens is 3. The number of rotatable bonds is 8. The van der Waals surface area contributed by atoms with Crippen LogP contribution in [0.3, 0.4) is 0 Å². The van der Waals surface area contributed by atoms with E-state index in [1.165, 1.54) is 38.5 Å². The minimum absolute atomic E-state index is 0.0210. The first kappa shape index (κ1) is 30.8. The molecule has 5 fully saturated rings. The van der Waals surface area contributed by atoms with Gasteiger partial charge in [-0.05, 0) is 109 Å². The van der Waals surface area contributed by atoms with Crippen LogP contribution in [0.1, 0.15) is 66.3 Å². The van der Waals surface area contributed by atoms with E-state index in [4.69, 9.17) is 4.74 Å². The molecule has 1 aliphatic heterocycles. The molecule has 9 heteroatoms. The van der Waals surface area contributed by atoms with Gasteiger partial charge in [0.1, 0.15) is 5.75 Å². The van der Waals surface area contributed by atoms with Gasteiger partial charge < -0.3 is 19.4 Å². The maximum atomic E-state index is 13.9. The lowest BCUT2D eigenvalue weighted by Crippen LogP contribution is -2.51. The predicted molar refractivity (Wildman–Crippen MR) is 186 cm³/mol. The summed E-state index contributed by atoms with van der Waals surface area (Å²) < 4.78 is 5.68. The van der Waals surface area contributed by atoms with E-state index in [2.05, 4.69) is 26.1 Å². The smallest absolute Gasteiger partial charge is 0.274 e. The second kappa shape index (κ2) is 12.5. The fourth-order valence-corrected chi connectivity index (χ4v) is 9.72. The molecule has 248 valence electrons. The molecule has 4 aliphatic carbocycles. The van der Waals surface area contributed by atoms with Gasteiger partial charge in [-0.3, -0.25) is 14.6 Å². The number of benzene rings is 2. The lowest BCUT2D eigenvalue weighted by Gasteiger charge is -2.57. The summed E-state index contributed by atoms with van der Waals surface area (Å²) in [5.41, 5.74) is 3.35. The number of anilines is 1. The molecule has 2 amide bonds. The van der Waals surface area contributed by atoms with Crippen molar-refractivity contribution in [1.82, 2.24) is 25.0 Å². The fourth-order valence-electron chi connectivity index (χ4n) is 9.72. The number of carbonyl (C=O) groups is 2. The minimum Gasteiger partial charge on any atom is -0.492 e. The van der Waals surface area contributed by atoms with Crippen molar-refractivity contribution in [3.8, 4) is 16.9 Å². The van der Waals surface area contributed by atoms with Gasteiger partial charge in [0.15, 0.2) is 11.5 Å². The fraction of sp³-hybridized carbons (Fsp3) is 0.462. The van der Waals surface area contributed by atoms with Crippen LogP contribution in [0.5, 0.6) is 5.75 Å². The molecule has 2 aromatic heterocycles. The Bertz CT molecular complexity index is 1800. The van der Waals surface area contributed by atoms with Crippen LogP contribution >= 0.6 is 0 Å². The number of fused-ring (bicyclic) bond motifs is 1. The van der Waals surface area contributed by atoms with E-state index in [9.17, 15) is 9.59 Å². The average molecular weight is 645 g/mol. The van der Waals surface area contributed by atoms with Gasteiger partial charge in [0.25, 0.3) is 11.8 Å². The standard InChI is InChI=1S/C39H44N6O3/c1-3-48-30-19-29(23-40-24-30)31-8-9-34(33-7-5-4-6-32(31)33)37(46)45-14-12-44(13-15-45)36-11-10-35(41-42-36)38(47)43(2)25-39-20-26-16-27(21-39)18-28(17-26)22-39/h4-11,19,23-24,26-28H,3,12-18,20-22,25H2,1-2H3. The predicted octanol–water partition coefficient (Wildman–Crippen LogP) is 6.34. The van der Waals surface area contributed by atoms with Gasteiger partial charge in [0.2, 0.25) is 0 Å². The number of nitrogens with zero attached hydrogens (tertiary/aromatic N) is 6. The lowest BCUT2D eigenvalue weighted by molar-refractivity contribution is -0.0629. The van der Waals surface area contributed by atoms with E-state index in [0.717, 1.165) is 57.8 Å². The van der Waals surface area contributed by atoms with Crippen LogP contribution in [-0.4, -0.2) is 83.2 Å². The third-order valence-corrected chi connectivity index (χ3v) is 11.3. The zero-order chi connectivity index (χ0) is 32.8. The van der Waals surface area contributed by atoms with Crippen LogP contribution in [-0.2, 0) is 0 Å². The number of carbonyl (C=O) groups excluding carboxylic acids is 2. The highest BCUT2D eigenvalue weighted by Gasteiger charge is 2.51. The molecule has 9 nitrogen and oxygen atoms in total. The van der Waals surface area contributed by atoms with Gasteiger partial charge in [-0.1, -0.05) is 30.3 Å². The first-order valence-electron chi connectivity index (χ1n) is 17.6. The number of pyridine rings is 1. The summed E-state index contributed by atoms with van der Waals surface area (Å²) in [6, 6.07) is 17.7. The first-order valence-corrected chi connectivity index (χ1v) is 17.6. The number of hydrogen-bond acceptors (Lipinski definition) is 7. The van der Waals surface area contributed by atoms with Crippen molar-refractivity contribution in [2.45, 2.75) is 45.4 Å². The van der Waals surface area contributed by atoms with Gasteiger partial charge in [0, 0.05) is 57.1 Å². The molecule has 2 aromatic carbocycles. The van der Waals surface area contributed by atoms with Gasteiger partial charge in [0.05, 0.1) is 12.8 Å². The Labute approximate surface area is 282 Å². The molecule has 0 radical (unpaired) electrons. The molecule has 4 bridgehead atoms. The molecule has 3 heterocycles. The molecule has 9 rings (SSSR count). The van der Waals surface area contributed by atoms with Crippen LogP contribution in [0, 0.1) is 23.2 Å². The molecule has 5 aliphatic rings. The van der Waals surface area contributed by atoms with E-state index in [-0.39, 0.29) is 11.8 Å². The van der Waals surface area contributed by atoms with E-state index < -0.39 is 0 Å². The lowest BCUT2D eigenvalue weighted by atomic mass is 9.49. The SMILES string of the molecule is CCOc1cncc(-c2ccc(C(=O)N3CCN(c4ccc(C(=O)N(C)CC56CC7CC(CC(C7)C5)C6)nn4)CC3)c3ccccc23)c1. The minimum atomic E-state index is -0.0447. The molecule has 4 saturated carbocycles. The molecule has 0 spiro atoms. The summed E-state index contributed by atoms with van der Waals surface area (Å²) >= 11 is 0. The van der Waals surface area contributed by atoms with Crippen LogP contribution in [0.25, 0.3) is 21.9 Å². The number of hydrogen-bond donors (Lipinski definition) is 0. The Kier molecular flexibility index (Phi) is 8.01. The first-order chi connectivity index (χ1) is 23.4. The zero-order valence-electron chi connectivity index (χ0n) is 28.0. The molecule has 0 unspecified atom stereocenters. The topological polar surface area (TPSA) is 91.8 Å². The number of amides is 2. The van der Waals surface area contributed by atoms with Crippen molar-refractivity contribution in [2.75, 3.05) is 51.3 Å². The third kappa shape index (κ3) is 5.77. The Morgan fingerprint density at radius 2 is 1.58 bits per heavy atom. The Balaban J connectivity index is 0.911. The molecule has 4 aromatic rings. The van der Waals surface area contributed by atoms with Crippen LogP contribution in [0.4, 0.5) is 5.82 Å². The normalized spacial score (nSPS) is 24.6. The molecular weight excluding hydrogens is 600 g/mol. The van der Waals surface area contributed by atoms with E-state index >= 15 is 0 Å². The van der Waals surface area contributed by atoms with E-state index in [0.29, 0.717) is 49.5 Å². The maximum Gasteiger partial charge on any atom is 0.274 e. The zero-order valence-corrected chi connectivity index (χ0v) is 28.0. The summed E-state index contributed by atoms with van der Waals surface area (Å²) in [5.74, 6) is 4.03. The van der Waals surface area contributed by atoms with E-state index in [1.54, 1.807) is 6.20 Å². The summed E-state index contributed by atoms with van der Waals surface area (Å²) in [5, 5.41) is 10.8. The molecular formula is C39H44N6O3. The quantitative estimate of drug-likeness (QED) is 0.221. The second-order valence-corrected chi connectivity index (χ2v) is 14.7. The van der Waals surface area contributed by atoms with Crippen molar-refractivity contribution in [1.29, 1.82) is 0 Å². The summed E-state index contributed by atoms with van der Waals surface area (Å²) in [7, 11) is 1.93. The Hall–Kier alpha value is -4.53. The second-order valence-electron chi connectivity index (χ2n) is 14.7. The van der Waals surface area contributed by atoms with Gasteiger partial charge in [-0.2, -0.15) is 0 Å².